The van der Waals surface area contributed by atoms with Gasteiger partial charge in [-0.1, -0.05) is 0 Å². The van der Waals surface area contributed by atoms with Crippen molar-refractivity contribution in [1.82, 2.24) is 0 Å². The van der Waals surface area contributed by atoms with E-state index in [1.807, 2.05) is 0 Å². The Morgan fingerprint density at radius 1 is 1.31 bits per heavy atom. The predicted octanol–water partition coefficient (Wildman–Crippen LogP) is 1.09. The number of rotatable bonds is 1. The number of ether oxygens (including phenoxy) is 2. The second-order valence-electron chi connectivity index (χ2n) is 2.72. The van der Waals surface area contributed by atoms with Gasteiger partial charge in [-0.05, 0) is 12.1 Å². The minimum Gasteiger partial charge on any atom is -0.486 e. The van der Waals surface area contributed by atoms with Gasteiger partial charge < -0.3 is 14.6 Å². The second-order valence-corrected chi connectivity index (χ2v) is 2.72. The van der Waals surface area contributed by atoms with E-state index in [0.29, 0.717) is 19.0 Å². The molecule has 0 bridgehead atoms. The fourth-order valence-corrected chi connectivity index (χ4v) is 1.24. The van der Waals surface area contributed by atoms with Crippen LogP contribution in [0.3, 0.4) is 0 Å². The Balaban J connectivity index is 2.48. The van der Waals surface area contributed by atoms with Crippen molar-refractivity contribution in [3.63, 3.8) is 0 Å². The highest BCUT2D eigenvalue weighted by molar-refractivity contribution is 5.45. The number of benzene rings is 1. The molecule has 0 amide bonds. The van der Waals surface area contributed by atoms with Gasteiger partial charge in [-0.3, -0.25) is 0 Å². The Morgan fingerprint density at radius 2 is 2.08 bits per heavy atom. The fraction of sp³-hybridized carbons (Fsp3) is 0.333. The lowest BCUT2D eigenvalue weighted by atomic mass is 10.2. The molecule has 70 valence electrons. The molecule has 1 heterocycles. The first-order valence-electron chi connectivity index (χ1n) is 4.01. The van der Waals surface area contributed by atoms with Crippen LogP contribution in [0, 0.1) is 5.82 Å². The van der Waals surface area contributed by atoms with Crippen molar-refractivity contribution in [1.29, 1.82) is 0 Å². The van der Waals surface area contributed by atoms with Gasteiger partial charge in [0, 0.05) is 5.56 Å². The summed E-state index contributed by atoms with van der Waals surface area (Å²) in [5.41, 5.74) is 0.226. The smallest absolute Gasteiger partial charge is 0.197 e. The average molecular weight is 184 g/mol. The Hall–Kier alpha value is -1.29. The van der Waals surface area contributed by atoms with Crippen molar-refractivity contribution in [3.8, 4) is 11.5 Å². The summed E-state index contributed by atoms with van der Waals surface area (Å²) < 4.78 is 23.6. The molecule has 1 aliphatic heterocycles. The lowest BCUT2D eigenvalue weighted by Gasteiger charge is -2.19. The summed E-state index contributed by atoms with van der Waals surface area (Å²) in [6.45, 7) is 0.451. The van der Waals surface area contributed by atoms with Gasteiger partial charge in [0.15, 0.2) is 17.3 Å². The zero-order valence-electron chi connectivity index (χ0n) is 6.92. The van der Waals surface area contributed by atoms with Gasteiger partial charge in [-0.15, -0.1) is 0 Å². The molecule has 3 nitrogen and oxygen atoms in total. The van der Waals surface area contributed by atoms with E-state index in [0.717, 1.165) is 0 Å². The molecule has 0 spiro atoms. The molecule has 13 heavy (non-hydrogen) atoms. The topological polar surface area (TPSA) is 38.7 Å². The summed E-state index contributed by atoms with van der Waals surface area (Å²) in [4.78, 5) is 0. The zero-order chi connectivity index (χ0) is 9.26. The van der Waals surface area contributed by atoms with E-state index in [1.54, 1.807) is 6.07 Å². The van der Waals surface area contributed by atoms with Crippen molar-refractivity contribution < 1.29 is 19.0 Å². The van der Waals surface area contributed by atoms with Gasteiger partial charge in [0.25, 0.3) is 0 Å². The summed E-state index contributed by atoms with van der Waals surface area (Å²) in [6, 6.07) is 3.09. The standard InChI is InChI=1S/C9H9FO3/c10-8-6(5-11)1-2-7-9(8)13-4-3-12-7/h1-2,11H,3-5H2. The predicted molar refractivity (Wildman–Crippen MR) is 43.3 cm³/mol. The molecule has 4 heteroatoms. The van der Waals surface area contributed by atoms with Crippen molar-refractivity contribution in [2.24, 2.45) is 0 Å². The van der Waals surface area contributed by atoms with Crippen LogP contribution < -0.4 is 9.47 Å². The van der Waals surface area contributed by atoms with Gasteiger partial charge in [-0.25, -0.2) is 4.39 Å². The van der Waals surface area contributed by atoms with E-state index in [9.17, 15) is 4.39 Å². The largest absolute Gasteiger partial charge is 0.486 e. The summed E-state index contributed by atoms with van der Waals surface area (Å²) in [6.07, 6.45) is 0. The van der Waals surface area contributed by atoms with Crippen molar-refractivity contribution >= 4 is 0 Å². The fourth-order valence-electron chi connectivity index (χ4n) is 1.24. The number of aliphatic hydroxyl groups is 1. The van der Waals surface area contributed by atoms with Crippen LogP contribution in [0.25, 0.3) is 0 Å². The van der Waals surface area contributed by atoms with Crippen molar-refractivity contribution in [2.45, 2.75) is 6.61 Å². The van der Waals surface area contributed by atoms with E-state index >= 15 is 0 Å². The molecular formula is C9H9FO3. The third-order valence-electron chi connectivity index (χ3n) is 1.90. The molecule has 0 fully saturated rings. The molecular weight excluding hydrogens is 175 g/mol. The number of halogens is 1. The van der Waals surface area contributed by atoms with Crippen LogP contribution in [0.15, 0.2) is 12.1 Å². The Kier molecular flexibility index (Phi) is 2.06. The monoisotopic (exact) mass is 184 g/mol. The molecule has 0 aliphatic carbocycles. The van der Waals surface area contributed by atoms with Crippen LogP contribution in [-0.2, 0) is 6.61 Å². The summed E-state index contributed by atoms with van der Waals surface area (Å²) in [5.74, 6) is -0.0153. The lowest BCUT2D eigenvalue weighted by Crippen LogP contribution is -2.16. The maximum atomic E-state index is 13.4. The number of hydrogen-bond acceptors (Lipinski definition) is 3. The van der Waals surface area contributed by atoms with Crippen molar-refractivity contribution in [3.05, 3.63) is 23.5 Å². The molecule has 0 aromatic heterocycles. The second kappa shape index (κ2) is 3.22. The van der Waals surface area contributed by atoms with Crippen molar-refractivity contribution in [2.75, 3.05) is 13.2 Å². The number of aliphatic hydroxyl groups excluding tert-OH is 1. The highest BCUT2D eigenvalue weighted by atomic mass is 19.1. The van der Waals surface area contributed by atoms with Crippen LogP contribution in [0.1, 0.15) is 5.56 Å². The Bertz CT molecular complexity index is 325. The molecule has 2 rings (SSSR count). The summed E-state index contributed by atoms with van der Waals surface area (Å²) >= 11 is 0. The number of fused-ring (bicyclic) bond motifs is 1. The minimum atomic E-state index is -0.528. The molecule has 1 aromatic carbocycles. The maximum absolute atomic E-state index is 13.4. The normalized spacial score (nSPS) is 14.3. The molecule has 1 aromatic rings. The van der Waals surface area contributed by atoms with E-state index < -0.39 is 5.82 Å². The van der Waals surface area contributed by atoms with E-state index in [4.69, 9.17) is 14.6 Å². The van der Waals surface area contributed by atoms with Crippen LogP contribution in [0.5, 0.6) is 11.5 Å². The van der Waals surface area contributed by atoms with E-state index in [-0.39, 0.29) is 17.9 Å². The first-order valence-corrected chi connectivity index (χ1v) is 4.01. The SMILES string of the molecule is OCc1ccc2c(c1F)OCCO2. The molecule has 0 unspecified atom stereocenters. The maximum Gasteiger partial charge on any atom is 0.197 e. The third kappa shape index (κ3) is 1.33. The lowest BCUT2D eigenvalue weighted by molar-refractivity contribution is 0.162. The molecule has 0 atom stereocenters. The van der Waals surface area contributed by atoms with Gasteiger partial charge in [-0.2, -0.15) is 0 Å². The van der Waals surface area contributed by atoms with Gasteiger partial charge in [0.2, 0.25) is 0 Å². The molecule has 1 aliphatic rings. The van der Waals surface area contributed by atoms with Gasteiger partial charge in [0.1, 0.15) is 13.2 Å². The van der Waals surface area contributed by atoms with Crippen LogP contribution in [0.2, 0.25) is 0 Å². The highest BCUT2D eigenvalue weighted by Crippen LogP contribution is 2.34. The molecule has 1 N–H and O–H groups in total. The average Bonchev–Trinajstić information content (AvgIpc) is 2.19. The highest BCUT2D eigenvalue weighted by Gasteiger charge is 2.18. The third-order valence-corrected chi connectivity index (χ3v) is 1.90. The first kappa shape index (κ1) is 8.31. The molecule has 0 radical (unpaired) electrons. The first-order chi connectivity index (χ1) is 6.33. The van der Waals surface area contributed by atoms with Crippen LogP contribution >= 0.6 is 0 Å². The summed E-state index contributed by atoms with van der Waals surface area (Å²) in [5, 5.41) is 8.78. The van der Waals surface area contributed by atoms with Crippen LogP contribution in [-0.4, -0.2) is 18.3 Å². The quantitative estimate of drug-likeness (QED) is 0.710. The Labute approximate surface area is 74.7 Å². The van der Waals surface area contributed by atoms with E-state index in [1.165, 1.54) is 6.07 Å². The van der Waals surface area contributed by atoms with E-state index in [2.05, 4.69) is 0 Å². The number of hydrogen-bond donors (Lipinski definition) is 1. The van der Waals surface area contributed by atoms with Crippen LogP contribution in [0.4, 0.5) is 4.39 Å². The Morgan fingerprint density at radius 3 is 2.85 bits per heavy atom. The minimum absolute atomic E-state index is 0.109. The summed E-state index contributed by atoms with van der Waals surface area (Å²) in [7, 11) is 0. The van der Waals surface area contributed by atoms with Gasteiger partial charge >= 0.3 is 0 Å². The zero-order valence-corrected chi connectivity index (χ0v) is 6.92. The van der Waals surface area contributed by atoms with Gasteiger partial charge in [0.05, 0.1) is 6.61 Å². The molecule has 0 saturated carbocycles. The molecule has 0 saturated heterocycles.